The van der Waals surface area contributed by atoms with E-state index in [1.807, 2.05) is 42.8 Å². The molecule has 0 aliphatic rings. The molecule has 21 heavy (non-hydrogen) atoms. The van der Waals surface area contributed by atoms with E-state index in [9.17, 15) is 4.79 Å². The van der Waals surface area contributed by atoms with Crippen molar-refractivity contribution in [3.8, 4) is 0 Å². The number of imidazole rings is 1. The van der Waals surface area contributed by atoms with Crippen molar-refractivity contribution in [1.29, 1.82) is 0 Å². The Labute approximate surface area is 126 Å². The van der Waals surface area contributed by atoms with Gasteiger partial charge in [0.1, 0.15) is 0 Å². The molecule has 0 fully saturated rings. The van der Waals surface area contributed by atoms with Crippen LogP contribution in [0.4, 0.5) is 11.4 Å². The molecule has 1 aromatic carbocycles. The number of benzene rings is 1. The van der Waals surface area contributed by atoms with Gasteiger partial charge in [-0.1, -0.05) is 0 Å². The number of hydrogen-bond donors (Lipinski definition) is 2. The minimum absolute atomic E-state index is 0.0644. The number of nitrogens with zero attached hydrogens (tertiary/aromatic N) is 2. The van der Waals surface area contributed by atoms with Crippen LogP contribution in [0.15, 0.2) is 35.8 Å². The lowest BCUT2D eigenvalue weighted by atomic mass is 10.2. The third-order valence-corrected chi connectivity index (χ3v) is 3.98. The monoisotopic (exact) mass is 300 g/mol. The Morgan fingerprint density at radius 1 is 1.29 bits per heavy atom. The fraction of sp³-hybridized carbons (Fsp3) is 0.200. The molecule has 6 heteroatoms. The molecule has 0 spiro atoms. The molecule has 2 heterocycles. The molecule has 3 rings (SSSR count). The summed E-state index contributed by atoms with van der Waals surface area (Å²) in [6, 6.07) is 7.67. The minimum Gasteiger partial charge on any atom is -0.379 e. The summed E-state index contributed by atoms with van der Waals surface area (Å²) in [5.74, 6) is -0.0644. The third kappa shape index (κ3) is 2.90. The summed E-state index contributed by atoms with van der Waals surface area (Å²) in [7, 11) is 0. The van der Waals surface area contributed by atoms with Gasteiger partial charge < -0.3 is 10.6 Å². The Balaban J connectivity index is 1.71. The van der Waals surface area contributed by atoms with Crippen molar-refractivity contribution in [3.05, 3.63) is 47.2 Å². The second-order valence-electron chi connectivity index (χ2n) is 4.81. The Hall–Kier alpha value is -2.34. The van der Waals surface area contributed by atoms with E-state index in [4.69, 9.17) is 0 Å². The van der Waals surface area contributed by atoms with Crippen LogP contribution in [-0.2, 0) is 11.3 Å². The Bertz CT molecular complexity index is 773. The first-order valence-corrected chi connectivity index (χ1v) is 7.54. The molecule has 1 amide bonds. The zero-order valence-corrected chi connectivity index (χ0v) is 12.7. The van der Waals surface area contributed by atoms with E-state index in [1.165, 1.54) is 6.92 Å². The van der Waals surface area contributed by atoms with Gasteiger partial charge in [-0.2, -0.15) is 0 Å². The molecule has 3 aromatic rings. The molecule has 0 radical (unpaired) electrons. The number of anilines is 2. The molecule has 5 nitrogen and oxygen atoms in total. The Morgan fingerprint density at radius 2 is 2.00 bits per heavy atom. The van der Waals surface area contributed by atoms with Crippen molar-refractivity contribution in [2.24, 2.45) is 0 Å². The van der Waals surface area contributed by atoms with Crippen molar-refractivity contribution in [1.82, 2.24) is 9.38 Å². The number of nitrogens with one attached hydrogen (secondary N) is 2. The smallest absolute Gasteiger partial charge is 0.221 e. The highest BCUT2D eigenvalue weighted by molar-refractivity contribution is 7.15. The van der Waals surface area contributed by atoms with Crippen LogP contribution >= 0.6 is 11.3 Å². The van der Waals surface area contributed by atoms with Gasteiger partial charge in [-0.05, 0) is 31.2 Å². The van der Waals surface area contributed by atoms with Crippen LogP contribution in [0.2, 0.25) is 0 Å². The number of amides is 1. The summed E-state index contributed by atoms with van der Waals surface area (Å²) in [4.78, 5) is 16.5. The number of fused-ring (bicyclic) bond motifs is 1. The van der Waals surface area contributed by atoms with Gasteiger partial charge in [-0.15, -0.1) is 11.3 Å². The van der Waals surface area contributed by atoms with Crippen molar-refractivity contribution >= 4 is 33.6 Å². The van der Waals surface area contributed by atoms with Crippen LogP contribution in [0.3, 0.4) is 0 Å². The minimum atomic E-state index is -0.0644. The van der Waals surface area contributed by atoms with E-state index in [0.29, 0.717) is 6.54 Å². The average molecular weight is 300 g/mol. The lowest BCUT2D eigenvalue weighted by Crippen LogP contribution is -2.06. The summed E-state index contributed by atoms with van der Waals surface area (Å²) in [6.07, 6.45) is 2.04. The molecule has 108 valence electrons. The molecule has 0 atom stereocenters. The average Bonchev–Trinajstić information content (AvgIpc) is 2.98. The van der Waals surface area contributed by atoms with Crippen LogP contribution in [0.1, 0.15) is 18.3 Å². The van der Waals surface area contributed by atoms with Gasteiger partial charge in [-0.25, -0.2) is 4.98 Å². The van der Waals surface area contributed by atoms with E-state index in [0.717, 1.165) is 27.7 Å². The first-order valence-electron chi connectivity index (χ1n) is 6.66. The van der Waals surface area contributed by atoms with Crippen LogP contribution in [0.25, 0.3) is 4.96 Å². The largest absolute Gasteiger partial charge is 0.379 e. The third-order valence-electron chi connectivity index (χ3n) is 3.23. The summed E-state index contributed by atoms with van der Waals surface area (Å²) < 4.78 is 2.11. The van der Waals surface area contributed by atoms with Crippen LogP contribution in [-0.4, -0.2) is 15.3 Å². The molecular weight excluding hydrogens is 284 g/mol. The fourth-order valence-corrected chi connectivity index (χ4v) is 2.99. The van der Waals surface area contributed by atoms with Crippen molar-refractivity contribution in [2.45, 2.75) is 20.4 Å². The molecule has 0 aliphatic carbocycles. The van der Waals surface area contributed by atoms with Crippen LogP contribution in [0, 0.1) is 6.92 Å². The number of rotatable bonds is 4. The van der Waals surface area contributed by atoms with E-state index < -0.39 is 0 Å². The predicted molar refractivity (Wildman–Crippen MR) is 85.9 cm³/mol. The van der Waals surface area contributed by atoms with Gasteiger partial charge in [0.25, 0.3) is 0 Å². The zero-order valence-electron chi connectivity index (χ0n) is 11.9. The predicted octanol–water partition coefficient (Wildman–Crippen LogP) is 3.27. The topological polar surface area (TPSA) is 58.4 Å². The molecule has 0 saturated heterocycles. The summed E-state index contributed by atoms with van der Waals surface area (Å²) in [5.41, 5.74) is 4.02. The van der Waals surface area contributed by atoms with E-state index in [2.05, 4.69) is 20.0 Å². The van der Waals surface area contributed by atoms with Gasteiger partial charge in [0.2, 0.25) is 5.91 Å². The van der Waals surface area contributed by atoms with Crippen molar-refractivity contribution in [3.63, 3.8) is 0 Å². The second kappa shape index (κ2) is 5.57. The van der Waals surface area contributed by atoms with Gasteiger partial charge in [0.15, 0.2) is 4.96 Å². The first kappa shape index (κ1) is 13.6. The molecule has 0 unspecified atom stereocenters. The van der Waals surface area contributed by atoms with Crippen molar-refractivity contribution in [2.75, 3.05) is 10.6 Å². The Morgan fingerprint density at radius 3 is 2.71 bits per heavy atom. The maximum Gasteiger partial charge on any atom is 0.221 e. The molecule has 0 saturated carbocycles. The summed E-state index contributed by atoms with van der Waals surface area (Å²) in [6.45, 7) is 4.24. The molecular formula is C15H16N4OS. The molecule has 2 N–H and O–H groups in total. The van der Waals surface area contributed by atoms with E-state index in [-0.39, 0.29) is 5.91 Å². The molecule has 0 aliphatic heterocycles. The number of aryl methyl sites for hydroxylation is 1. The van der Waals surface area contributed by atoms with Crippen LogP contribution < -0.4 is 10.6 Å². The summed E-state index contributed by atoms with van der Waals surface area (Å²) >= 11 is 1.64. The highest BCUT2D eigenvalue weighted by Crippen LogP contribution is 2.19. The quantitative estimate of drug-likeness (QED) is 0.777. The number of thiazole rings is 1. The van der Waals surface area contributed by atoms with Gasteiger partial charge >= 0.3 is 0 Å². The number of carbonyl (C=O) groups excluding carboxylic acids is 1. The van der Waals surface area contributed by atoms with Crippen molar-refractivity contribution < 1.29 is 4.79 Å². The summed E-state index contributed by atoms with van der Waals surface area (Å²) in [5, 5.41) is 8.17. The number of aromatic nitrogens is 2. The highest BCUT2D eigenvalue weighted by Gasteiger charge is 2.08. The number of carbonyl (C=O) groups is 1. The highest BCUT2D eigenvalue weighted by atomic mass is 32.1. The lowest BCUT2D eigenvalue weighted by Gasteiger charge is -2.08. The molecule has 0 bridgehead atoms. The maximum atomic E-state index is 11.0. The van der Waals surface area contributed by atoms with Gasteiger partial charge in [-0.3, -0.25) is 9.20 Å². The van der Waals surface area contributed by atoms with Gasteiger partial charge in [0, 0.05) is 29.9 Å². The van der Waals surface area contributed by atoms with E-state index >= 15 is 0 Å². The first-order chi connectivity index (χ1) is 10.1. The Kier molecular flexibility index (Phi) is 3.62. The zero-order chi connectivity index (χ0) is 14.8. The van der Waals surface area contributed by atoms with E-state index in [1.54, 1.807) is 11.3 Å². The SMILES string of the molecule is CC(=O)Nc1ccc(NCc2c(C)nc3sccn23)cc1. The number of hydrogen-bond acceptors (Lipinski definition) is 4. The normalized spacial score (nSPS) is 10.8. The van der Waals surface area contributed by atoms with Crippen LogP contribution in [0.5, 0.6) is 0 Å². The second-order valence-corrected chi connectivity index (χ2v) is 5.68. The lowest BCUT2D eigenvalue weighted by molar-refractivity contribution is -0.114. The maximum absolute atomic E-state index is 11.0. The standard InChI is InChI=1S/C15H16N4OS/c1-10-14(19-7-8-21-15(19)17-10)9-16-12-3-5-13(6-4-12)18-11(2)20/h3-8,16H,9H2,1-2H3,(H,18,20). The fourth-order valence-electron chi connectivity index (χ4n) is 2.21. The van der Waals surface area contributed by atoms with Gasteiger partial charge in [0.05, 0.1) is 17.9 Å². The molecule has 2 aromatic heterocycles.